The topological polar surface area (TPSA) is 59.3 Å². The molecule has 24 heavy (non-hydrogen) atoms. The van der Waals surface area contributed by atoms with Crippen molar-refractivity contribution in [3.63, 3.8) is 0 Å². The highest BCUT2D eigenvalue weighted by molar-refractivity contribution is 7.13. The predicted octanol–water partition coefficient (Wildman–Crippen LogP) is 3.39. The first-order chi connectivity index (χ1) is 11.8. The number of hydrogen-bond donors (Lipinski definition) is 1. The molecular weight excluding hydrogens is 320 g/mol. The van der Waals surface area contributed by atoms with Crippen LogP contribution in [0.3, 0.4) is 0 Å². The fourth-order valence-corrected chi connectivity index (χ4v) is 3.24. The van der Waals surface area contributed by atoms with Crippen LogP contribution in [0, 0.1) is 0 Å². The number of rotatable bonds is 4. The van der Waals surface area contributed by atoms with E-state index in [0.29, 0.717) is 12.2 Å². The molecule has 4 rings (SSSR count). The average Bonchev–Trinajstić information content (AvgIpc) is 3.27. The van der Waals surface area contributed by atoms with Gasteiger partial charge in [0.05, 0.1) is 17.8 Å². The number of benzene rings is 1. The Morgan fingerprint density at radius 1 is 1.12 bits per heavy atom. The van der Waals surface area contributed by atoms with Gasteiger partial charge in [-0.15, -0.1) is 11.3 Å². The summed E-state index contributed by atoms with van der Waals surface area (Å²) in [6.07, 6.45) is 1.88. The third kappa shape index (κ3) is 2.91. The second-order valence-corrected chi connectivity index (χ2v) is 6.15. The SMILES string of the molecule is O=C(NCc1cc2ccccn2n1)c1csc(-c2ccccc2)n1. The highest BCUT2D eigenvalue weighted by Gasteiger charge is 2.12. The van der Waals surface area contributed by atoms with Crippen molar-refractivity contribution in [3.05, 3.63) is 77.6 Å². The van der Waals surface area contributed by atoms with Crippen LogP contribution in [0.4, 0.5) is 0 Å². The molecule has 0 unspecified atom stereocenters. The first-order valence-electron chi connectivity index (χ1n) is 7.52. The number of fused-ring (bicyclic) bond motifs is 1. The maximum Gasteiger partial charge on any atom is 0.271 e. The van der Waals surface area contributed by atoms with Gasteiger partial charge < -0.3 is 5.32 Å². The molecule has 0 aliphatic heterocycles. The van der Waals surface area contributed by atoms with E-state index >= 15 is 0 Å². The molecule has 5 nitrogen and oxygen atoms in total. The van der Waals surface area contributed by atoms with Crippen molar-refractivity contribution in [1.82, 2.24) is 19.9 Å². The highest BCUT2D eigenvalue weighted by Crippen LogP contribution is 2.23. The summed E-state index contributed by atoms with van der Waals surface area (Å²) in [6.45, 7) is 0.374. The molecule has 1 aromatic carbocycles. The number of hydrogen-bond acceptors (Lipinski definition) is 4. The van der Waals surface area contributed by atoms with Crippen molar-refractivity contribution < 1.29 is 4.79 Å². The van der Waals surface area contributed by atoms with Gasteiger partial charge in [-0.2, -0.15) is 5.10 Å². The number of aromatic nitrogens is 3. The largest absolute Gasteiger partial charge is 0.345 e. The van der Waals surface area contributed by atoms with Crippen LogP contribution in [-0.2, 0) is 6.54 Å². The first kappa shape index (κ1) is 14.6. The molecule has 0 saturated carbocycles. The van der Waals surface area contributed by atoms with Crippen molar-refractivity contribution in [3.8, 4) is 10.6 Å². The van der Waals surface area contributed by atoms with Crippen LogP contribution >= 0.6 is 11.3 Å². The summed E-state index contributed by atoms with van der Waals surface area (Å²) in [6, 6.07) is 17.7. The monoisotopic (exact) mass is 334 g/mol. The zero-order chi connectivity index (χ0) is 16.4. The average molecular weight is 334 g/mol. The maximum atomic E-state index is 12.3. The second-order valence-electron chi connectivity index (χ2n) is 5.29. The molecular formula is C18H14N4OS. The lowest BCUT2D eigenvalue weighted by Crippen LogP contribution is -2.23. The number of carbonyl (C=O) groups is 1. The lowest BCUT2D eigenvalue weighted by Gasteiger charge is -1.99. The van der Waals surface area contributed by atoms with Gasteiger partial charge in [-0.1, -0.05) is 36.4 Å². The van der Waals surface area contributed by atoms with Gasteiger partial charge in [-0.05, 0) is 18.2 Å². The van der Waals surface area contributed by atoms with Gasteiger partial charge in [0.15, 0.2) is 0 Å². The van der Waals surface area contributed by atoms with Crippen LogP contribution in [0.5, 0.6) is 0 Å². The van der Waals surface area contributed by atoms with E-state index in [1.165, 1.54) is 11.3 Å². The third-order valence-electron chi connectivity index (χ3n) is 3.61. The van der Waals surface area contributed by atoms with Crippen LogP contribution in [0.15, 0.2) is 66.2 Å². The van der Waals surface area contributed by atoms with Crippen LogP contribution < -0.4 is 5.32 Å². The summed E-state index contributed by atoms with van der Waals surface area (Å²) in [4.78, 5) is 16.7. The van der Waals surface area contributed by atoms with Crippen LogP contribution in [0.25, 0.3) is 16.1 Å². The van der Waals surface area contributed by atoms with Crippen molar-refractivity contribution >= 4 is 22.8 Å². The summed E-state index contributed by atoms with van der Waals surface area (Å²) in [5.41, 5.74) is 3.26. The fourth-order valence-electron chi connectivity index (χ4n) is 2.43. The molecule has 0 bridgehead atoms. The van der Waals surface area contributed by atoms with Gasteiger partial charge in [0.25, 0.3) is 5.91 Å². The summed E-state index contributed by atoms with van der Waals surface area (Å²) >= 11 is 1.46. The summed E-state index contributed by atoms with van der Waals surface area (Å²) in [5, 5.41) is 9.91. The van der Waals surface area contributed by atoms with Gasteiger partial charge in [-0.3, -0.25) is 4.79 Å². The molecule has 0 radical (unpaired) electrons. The standard InChI is InChI=1S/C18H14N4OS/c23-17(16-12-24-18(20-16)13-6-2-1-3-7-13)19-11-14-10-15-8-4-5-9-22(15)21-14/h1-10,12H,11H2,(H,19,23). The van der Waals surface area contributed by atoms with E-state index in [1.807, 2.05) is 60.8 Å². The van der Waals surface area contributed by atoms with Crippen LogP contribution in [0.1, 0.15) is 16.2 Å². The predicted molar refractivity (Wildman–Crippen MR) is 93.9 cm³/mol. The van der Waals surface area contributed by atoms with E-state index in [4.69, 9.17) is 0 Å². The lowest BCUT2D eigenvalue weighted by atomic mass is 10.2. The van der Waals surface area contributed by atoms with E-state index < -0.39 is 0 Å². The molecule has 0 saturated heterocycles. The van der Waals surface area contributed by atoms with E-state index in [1.54, 1.807) is 9.90 Å². The molecule has 0 aliphatic rings. The number of pyridine rings is 1. The van der Waals surface area contributed by atoms with E-state index in [2.05, 4.69) is 15.4 Å². The molecule has 3 aromatic heterocycles. The van der Waals surface area contributed by atoms with Crippen molar-refractivity contribution in [2.24, 2.45) is 0 Å². The normalized spacial score (nSPS) is 10.8. The van der Waals surface area contributed by atoms with Crippen molar-refractivity contribution in [2.45, 2.75) is 6.54 Å². The minimum atomic E-state index is -0.189. The molecule has 118 valence electrons. The van der Waals surface area contributed by atoms with Gasteiger partial charge in [0.1, 0.15) is 10.7 Å². The maximum absolute atomic E-state index is 12.3. The minimum Gasteiger partial charge on any atom is -0.345 e. The number of nitrogens with one attached hydrogen (secondary N) is 1. The van der Waals surface area contributed by atoms with Crippen LogP contribution in [-0.4, -0.2) is 20.5 Å². The lowest BCUT2D eigenvalue weighted by molar-refractivity contribution is 0.0946. The molecule has 0 fully saturated rings. The van der Waals surface area contributed by atoms with E-state index in [9.17, 15) is 4.79 Å². The molecule has 0 atom stereocenters. The summed E-state index contributed by atoms with van der Waals surface area (Å²) < 4.78 is 1.79. The van der Waals surface area contributed by atoms with Gasteiger partial charge in [-0.25, -0.2) is 9.50 Å². The molecule has 0 spiro atoms. The Morgan fingerprint density at radius 3 is 2.79 bits per heavy atom. The Kier molecular flexibility index (Phi) is 3.80. The Hall–Kier alpha value is -2.99. The molecule has 1 amide bonds. The summed E-state index contributed by atoms with van der Waals surface area (Å²) in [5.74, 6) is -0.189. The van der Waals surface area contributed by atoms with E-state index in [-0.39, 0.29) is 5.91 Å². The first-order valence-corrected chi connectivity index (χ1v) is 8.40. The molecule has 1 N–H and O–H groups in total. The highest BCUT2D eigenvalue weighted by atomic mass is 32.1. The molecule has 0 aliphatic carbocycles. The van der Waals surface area contributed by atoms with Crippen LogP contribution in [0.2, 0.25) is 0 Å². The molecule has 4 aromatic rings. The van der Waals surface area contributed by atoms with Crippen molar-refractivity contribution in [1.29, 1.82) is 0 Å². The third-order valence-corrected chi connectivity index (χ3v) is 4.50. The number of nitrogens with zero attached hydrogens (tertiary/aromatic N) is 3. The van der Waals surface area contributed by atoms with Gasteiger partial charge in [0, 0.05) is 17.1 Å². The zero-order valence-corrected chi connectivity index (χ0v) is 13.5. The van der Waals surface area contributed by atoms with E-state index in [0.717, 1.165) is 21.8 Å². The second kappa shape index (κ2) is 6.25. The quantitative estimate of drug-likeness (QED) is 0.622. The smallest absolute Gasteiger partial charge is 0.271 e. The Morgan fingerprint density at radius 2 is 1.96 bits per heavy atom. The van der Waals surface area contributed by atoms with Gasteiger partial charge >= 0.3 is 0 Å². The van der Waals surface area contributed by atoms with Crippen molar-refractivity contribution in [2.75, 3.05) is 0 Å². The Labute approximate surface area is 142 Å². The fraction of sp³-hybridized carbons (Fsp3) is 0.0556. The number of thiazole rings is 1. The Bertz CT molecular complexity index is 957. The van der Waals surface area contributed by atoms with Gasteiger partial charge in [0.2, 0.25) is 0 Å². The number of amides is 1. The molecule has 3 heterocycles. The summed E-state index contributed by atoms with van der Waals surface area (Å²) in [7, 11) is 0. The molecule has 6 heteroatoms. The number of carbonyl (C=O) groups excluding carboxylic acids is 1. The zero-order valence-electron chi connectivity index (χ0n) is 12.7. The Balaban J connectivity index is 1.45. The minimum absolute atomic E-state index is 0.189.